The third kappa shape index (κ3) is 5.83. The number of nitrogen functional groups attached to an aromatic ring is 1. The molecular weight excluding hydrogens is 498 g/mol. The number of methoxy groups -OCH3 is 1. The van der Waals surface area contributed by atoms with Crippen molar-refractivity contribution in [3.63, 3.8) is 0 Å². The fraction of sp³-hybridized carbons (Fsp3) is 0.296. The molecule has 12 nitrogen and oxygen atoms in total. The first-order valence-corrected chi connectivity index (χ1v) is 12.3. The molecule has 12 heteroatoms. The Labute approximate surface area is 225 Å². The predicted molar refractivity (Wildman–Crippen MR) is 145 cm³/mol. The SMILES string of the molecule is CC[C@H](C)N(/C=C\Cc1nc2c(-c3ccc(C#CCOC)nc3)cnn2c(N)c1C(C)=O)C(=O)c1ncn[nH]1. The Morgan fingerprint density at radius 2 is 2.10 bits per heavy atom. The Morgan fingerprint density at radius 1 is 1.28 bits per heavy atom. The zero-order valence-corrected chi connectivity index (χ0v) is 22.2. The summed E-state index contributed by atoms with van der Waals surface area (Å²) in [5, 5.41) is 10.7. The molecule has 0 saturated heterocycles. The van der Waals surface area contributed by atoms with Crippen LogP contribution in [-0.2, 0) is 11.2 Å². The van der Waals surface area contributed by atoms with Gasteiger partial charge in [0.15, 0.2) is 11.4 Å². The van der Waals surface area contributed by atoms with Crippen molar-refractivity contribution >= 4 is 23.2 Å². The third-order valence-electron chi connectivity index (χ3n) is 6.11. The lowest BCUT2D eigenvalue weighted by molar-refractivity contribution is 0.0763. The van der Waals surface area contributed by atoms with Gasteiger partial charge in [0, 0.05) is 43.1 Å². The highest BCUT2D eigenvalue weighted by atomic mass is 16.5. The summed E-state index contributed by atoms with van der Waals surface area (Å²) >= 11 is 0. The van der Waals surface area contributed by atoms with E-state index >= 15 is 0 Å². The number of allylic oxidation sites excluding steroid dienone is 1. The highest BCUT2D eigenvalue weighted by Gasteiger charge is 2.22. The summed E-state index contributed by atoms with van der Waals surface area (Å²) < 4.78 is 6.39. The number of anilines is 1. The van der Waals surface area contributed by atoms with Crippen LogP contribution in [0.3, 0.4) is 0 Å². The topological polar surface area (TPSA) is 157 Å². The lowest BCUT2D eigenvalue weighted by Gasteiger charge is -2.23. The summed E-state index contributed by atoms with van der Waals surface area (Å²) in [7, 11) is 1.58. The van der Waals surface area contributed by atoms with Crippen LogP contribution in [0.2, 0.25) is 0 Å². The molecule has 3 N–H and O–H groups in total. The Balaban J connectivity index is 1.69. The van der Waals surface area contributed by atoms with E-state index in [2.05, 4.69) is 37.1 Å². The van der Waals surface area contributed by atoms with Gasteiger partial charge in [-0.25, -0.2) is 15.0 Å². The normalized spacial score (nSPS) is 11.9. The molecule has 0 unspecified atom stereocenters. The predicted octanol–water partition coefficient (Wildman–Crippen LogP) is 2.69. The second-order valence-corrected chi connectivity index (χ2v) is 8.73. The van der Waals surface area contributed by atoms with Gasteiger partial charge in [0.25, 0.3) is 5.91 Å². The average Bonchev–Trinajstić information content (AvgIpc) is 3.62. The van der Waals surface area contributed by atoms with Gasteiger partial charge in [-0.1, -0.05) is 18.9 Å². The standard InChI is InChI=1S/C27H29N9O3/c1-5-17(2)35(27(38)25-30-16-31-34-25)12-6-9-22-23(18(3)37)24(28)36-26(33-22)21(15-32-36)19-10-11-20(29-14-19)8-7-13-39-4/h6,10-12,14-17H,5,9,13,28H2,1-4H3,(H,30,31,34)/b12-6-/t17-/m0/s1. The lowest BCUT2D eigenvalue weighted by Crippen LogP contribution is -2.34. The molecule has 0 aliphatic rings. The zero-order chi connectivity index (χ0) is 27.9. The van der Waals surface area contributed by atoms with E-state index in [0.717, 1.165) is 12.0 Å². The lowest BCUT2D eigenvalue weighted by atomic mass is 10.1. The summed E-state index contributed by atoms with van der Waals surface area (Å²) in [6.07, 6.45) is 9.03. The monoisotopic (exact) mass is 527 g/mol. The Hall–Kier alpha value is -4.89. The van der Waals surface area contributed by atoms with Crippen LogP contribution >= 0.6 is 0 Å². The molecule has 4 aromatic heterocycles. The molecule has 0 aliphatic heterocycles. The number of nitrogens with two attached hydrogens (primary N) is 1. The number of amides is 1. The van der Waals surface area contributed by atoms with Gasteiger partial charge in [-0.3, -0.25) is 14.7 Å². The summed E-state index contributed by atoms with van der Waals surface area (Å²) in [5.74, 6) is 5.58. The van der Waals surface area contributed by atoms with Crippen molar-refractivity contribution in [2.45, 2.75) is 39.7 Å². The minimum absolute atomic E-state index is 0.0947. The number of carbonyl (C=O) groups is 2. The number of aromatic nitrogens is 7. The first kappa shape index (κ1) is 27.2. The van der Waals surface area contributed by atoms with Gasteiger partial charge in [-0.15, -0.1) is 0 Å². The molecule has 0 radical (unpaired) electrons. The van der Waals surface area contributed by atoms with Crippen LogP contribution in [0.25, 0.3) is 16.8 Å². The van der Waals surface area contributed by atoms with E-state index in [1.165, 1.54) is 17.8 Å². The number of aromatic amines is 1. The molecule has 1 amide bonds. The number of fused-ring (bicyclic) bond motifs is 1. The van der Waals surface area contributed by atoms with Crippen LogP contribution in [-0.4, -0.2) is 71.1 Å². The molecule has 0 fully saturated rings. The van der Waals surface area contributed by atoms with Crippen LogP contribution in [0.1, 0.15) is 59.6 Å². The van der Waals surface area contributed by atoms with Crippen molar-refractivity contribution in [1.29, 1.82) is 0 Å². The van der Waals surface area contributed by atoms with E-state index in [1.54, 1.807) is 42.7 Å². The second kappa shape index (κ2) is 12.1. The molecule has 0 aromatic carbocycles. The highest BCUT2D eigenvalue weighted by molar-refractivity contribution is 6.00. The Bertz CT molecular complexity index is 1560. The fourth-order valence-electron chi connectivity index (χ4n) is 3.94. The van der Waals surface area contributed by atoms with Crippen molar-refractivity contribution in [3.05, 3.63) is 65.9 Å². The maximum atomic E-state index is 12.9. The number of rotatable bonds is 9. The largest absolute Gasteiger partial charge is 0.383 e. The van der Waals surface area contributed by atoms with Crippen molar-refractivity contribution in [2.75, 3.05) is 19.5 Å². The van der Waals surface area contributed by atoms with Gasteiger partial charge in [-0.05, 0) is 38.3 Å². The molecule has 0 saturated carbocycles. The average molecular weight is 528 g/mol. The minimum atomic E-state index is -0.311. The van der Waals surface area contributed by atoms with Crippen LogP contribution in [0.15, 0.2) is 43.1 Å². The van der Waals surface area contributed by atoms with E-state index in [4.69, 9.17) is 15.5 Å². The number of H-pyrrole nitrogens is 1. The van der Waals surface area contributed by atoms with Crippen molar-refractivity contribution in [3.8, 4) is 23.0 Å². The first-order valence-electron chi connectivity index (χ1n) is 12.3. The number of nitrogens with zero attached hydrogens (tertiary/aromatic N) is 7. The number of pyridine rings is 1. The minimum Gasteiger partial charge on any atom is -0.383 e. The molecule has 200 valence electrons. The number of ether oxygens (including phenoxy) is 1. The smallest absolute Gasteiger partial charge is 0.295 e. The molecule has 39 heavy (non-hydrogen) atoms. The number of hydrogen-bond donors (Lipinski definition) is 2. The van der Waals surface area contributed by atoms with Gasteiger partial charge < -0.3 is 15.4 Å². The number of nitrogens with one attached hydrogen (secondary N) is 1. The quantitative estimate of drug-likeness (QED) is 0.247. The van der Waals surface area contributed by atoms with E-state index in [0.29, 0.717) is 29.2 Å². The van der Waals surface area contributed by atoms with Gasteiger partial charge in [0.2, 0.25) is 5.82 Å². The third-order valence-corrected chi connectivity index (χ3v) is 6.11. The molecule has 4 rings (SSSR count). The van der Waals surface area contributed by atoms with E-state index in [-0.39, 0.29) is 41.4 Å². The maximum absolute atomic E-state index is 12.9. The molecular formula is C27H29N9O3. The number of carbonyl (C=O) groups excluding carboxylic acids is 2. The Kier molecular flexibility index (Phi) is 8.43. The summed E-state index contributed by atoms with van der Waals surface area (Å²) in [5.41, 5.74) is 9.71. The molecule has 0 aliphatic carbocycles. The highest BCUT2D eigenvalue weighted by Crippen LogP contribution is 2.27. The molecule has 0 spiro atoms. The van der Waals surface area contributed by atoms with Crippen molar-refractivity contribution in [1.82, 2.24) is 39.7 Å². The van der Waals surface area contributed by atoms with Crippen molar-refractivity contribution in [2.24, 2.45) is 0 Å². The van der Waals surface area contributed by atoms with Crippen LogP contribution in [0.5, 0.6) is 0 Å². The van der Waals surface area contributed by atoms with E-state index in [9.17, 15) is 9.59 Å². The fourth-order valence-corrected chi connectivity index (χ4v) is 3.94. The molecule has 4 aromatic rings. The molecule has 1 atom stereocenters. The second-order valence-electron chi connectivity index (χ2n) is 8.73. The van der Waals surface area contributed by atoms with Crippen LogP contribution in [0, 0.1) is 11.8 Å². The van der Waals surface area contributed by atoms with Gasteiger partial charge in [-0.2, -0.15) is 14.7 Å². The van der Waals surface area contributed by atoms with E-state index < -0.39 is 0 Å². The number of hydrogen-bond acceptors (Lipinski definition) is 9. The Morgan fingerprint density at radius 3 is 2.74 bits per heavy atom. The van der Waals surface area contributed by atoms with Crippen LogP contribution in [0.4, 0.5) is 5.82 Å². The molecule has 0 bridgehead atoms. The summed E-state index contributed by atoms with van der Waals surface area (Å²) in [6.45, 7) is 5.67. The summed E-state index contributed by atoms with van der Waals surface area (Å²) in [4.78, 5) is 40.2. The van der Waals surface area contributed by atoms with Crippen molar-refractivity contribution < 1.29 is 14.3 Å². The molecule has 4 heterocycles. The number of Topliss-reactive ketones (excluding diaryl/α,β-unsaturated/α-hetero) is 1. The number of ketones is 1. The van der Waals surface area contributed by atoms with E-state index in [1.807, 2.05) is 19.9 Å². The maximum Gasteiger partial charge on any atom is 0.295 e. The summed E-state index contributed by atoms with van der Waals surface area (Å²) in [6, 6.07) is 3.58. The van der Waals surface area contributed by atoms with Gasteiger partial charge in [0.1, 0.15) is 24.4 Å². The van der Waals surface area contributed by atoms with Gasteiger partial charge in [0.05, 0.1) is 17.5 Å². The first-order chi connectivity index (χ1) is 18.8. The van der Waals surface area contributed by atoms with Gasteiger partial charge >= 0.3 is 0 Å². The van der Waals surface area contributed by atoms with Crippen LogP contribution < -0.4 is 5.73 Å². The zero-order valence-electron chi connectivity index (χ0n) is 22.2.